The van der Waals surface area contributed by atoms with Gasteiger partial charge in [0.15, 0.2) is 0 Å². The first-order chi connectivity index (χ1) is 12.8. The first kappa shape index (κ1) is 16.7. The maximum atomic E-state index is 5.48. The molecule has 1 saturated heterocycles. The van der Waals surface area contributed by atoms with Crippen LogP contribution < -0.4 is 5.32 Å². The van der Waals surface area contributed by atoms with E-state index in [0.29, 0.717) is 5.92 Å². The highest BCUT2D eigenvalue weighted by molar-refractivity contribution is 5.37. The second-order valence-electron chi connectivity index (χ2n) is 6.59. The molecule has 0 radical (unpaired) electrons. The molecule has 1 aliphatic rings. The number of aryl methyl sites for hydroxylation is 1. The highest BCUT2D eigenvalue weighted by Crippen LogP contribution is 2.25. The monoisotopic (exact) mass is 349 g/mol. The summed E-state index contributed by atoms with van der Waals surface area (Å²) in [6, 6.07) is 12.2. The van der Waals surface area contributed by atoms with Gasteiger partial charge in [-0.05, 0) is 37.5 Å². The predicted molar refractivity (Wildman–Crippen MR) is 101 cm³/mol. The topological polar surface area (TPSA) is 64.9 Å². The van der Waals surface area contributed by atoms with E-state index in [-0.39, 0.29) is 0 Å². The second-order valence-corrected chi connectivity index (χ2v) is 6.59. The second kappa shape index (κ2) is 7.66. The average Bonchev–Trinajstić information content (AvgIpc) is 3.34. The first-order valence-corrected chi connectivity index (χ1v) is 9.04. The molecule has 134 valence electrons. The van der Waals surface area contributed by atoms with Crippen LogP contribution in [0.4, 0.5) is 5.82 Å². The number of hydrogen-bond acceptors (Lipinski definition) is 5. The van der Waals surface area contributed by atoms with Crippen molar-refractivity contribution < 1.29 is 4.74 Å². The maximum absolute atomic E-state index is 5.48. The molecule has 0 saturated carbocycles. The molecule has 4 rings (SSSR count). The van der Waals surface area contributed by atoms with E-state index in [1.54, 1.807) is 0 Å². The van der Waals surface area contributed by atoms with Crippen molar-refractivity contribution in [2.45, 2.75) is 25.7 Å². The van der Waals surface area contributed by atoms with E-state index in [1.165, 1.54) is 5.56 Å². The fourth-order valence-electron chi connectivity index (χ4n) is 3.20. The molecule has 0 spiro atoms. The Bertz CT molecular complexity index is 856. The zero-order chi connectivity index (χ0) is 17.8. The minimum Gasteiger partial charge on any atom is -0.381 e. The number of nitrogens with zero attached hydrogens (tertiary/aromatic N) is 4. The lowest BCUT2D eigenvalue weighted by Crippen LogP contribution is -2.10. The molecule has 6 nitrogen and oxygen atoms in total. The standard InChI is InChI=1S/C20H23N5O/c1-15-23-19(17-8-10-26-14-17)11-20(24-15)21-9-7-16-12-22-25(13-16)18-5-3-2-4-6-18/h2-6,11-13,17H,7-10,14H2,1H3,(H,21,23,24)/t17-/m1/s1. The van der Waals surface area contributed by atoms with Crippen molar-refractivity contribution >= 4 is 5.82 Å². The van der Waals surface area contributed by atoms with Crippen molar-refractivity contribution in [1.82, 2.24) is 19.7 Å². The minimum absolute atomic E-state index is 0.390. The Hall–Kier alpha value is -2.73. The van der Waals surface area contributed by atoms with Gasteiger partial charge in [-0.25, -0.2) is 14.6 Å². The van der Waals surface area contributed by atoms with E-state index in [1.807, 2.05) is 48.1 Å². The third-order valence-electron chi connectivity index (χ3n) is 4.58. The number of rotatable bonds is 6. The fourth-order valence-corrected chi connectivity index (χ4v) is 3.20. The Labute approximate surface area is 153 Å². The van der Waals surface area contributed by atoms with Crippen LogP contribution in [0.5, 0.6) is 0 Å². The van der Waals surface area contributed by atoms with Gasteiger partial charge in [0, 0.05) is 31.3 Å². The molecule has 0 aliphatic carbocycles. The molecule has 1 aromatic carbocycles. The number of benzene rings is 1. The molecular weight excluding hydrogens is 326 g/mol. The van der Waals surface area contributed by atoms with Crippen LogP contribution in [0.2, 0.25) is 0 Å². The number of para-hydroxylation sites is 1. The minimum atomic E-state index is 0.390. The normalized spacial score (nSPS) is 16.7. The summed E-state index contributed by atoms with van der Waals surface area (Å²) in [4.78, 5) is 9.08. The lowest BCUT2D eigenvalue weighted by Gasteiger charge is -2.11. The van der Waals surface area contributed by atoms with Crippen LogP contribution >= 0.6 is 0 Å². The average molecular weight is 349 g/mol. The van der Waals surface area contributed by atoms with E-state index in [4.69, 9.17) is 4.74 Å². The Morgan fingerprint density at radius 1 is 1.23 bits per heavy atom. The van der Waals surface area contributed by atoms with E-state index in [0.717, 1.165) is 55.6 Å². The number of anilines is 1. The lowest BCUT2D eigenvalue weighted by molar-refractivity contribution is 0.193. The van der Waals surface area contributed by atoms with Gasteiger partial charge in [-0.2, -0.15) is 5.10 Å². The van der Waals surface area contributed by atoms with Gasteiger partial charge in [0.2, 0.25) is 0 Å². The van der Waals surface area contributed by atoms with Gasteiger partial charge in [0.05, 0.1) is 24.2 Å². The Morgan fingerprint density at radius 2 is 2.12 bits per heavy atom. The summed E-state index contributed by atoms with van der Waals surface area (Å²) in [7, 11) is 0. The summed E-state index contributed by atoms with van der Waals surface area (Å²) in [5, 5.41) is 7.86. The zero-order valence-corrected chi connectivity index (χ0v) is 14.9. The summed E-state index contributed by atoms with van der Waals surface area (Å²) < 4.78 is 7.38. The lowest BCUT2D eigenvalue weighted by atomic mass is 10.0. The molecule has 6 heteroatoms. The van der Waals surface area contributed by atoms with Crippen molar-refractivity contribution in [3.63, 3.8) is 0 Å². The molecule has 3 aromatic rings. The van der Waals surface area contributed by atoms with Crippen LogP contribution in [0, 0.1) is 6.92 Å². The first-order valence-electron chi connectivity index (χ1n) is 9.04. The fraction of sp³-hybridized carbons (Fsp3) is 0.350. The molecular formula is C20H23N5O. The van der Waals surface area contributed by atoms with Crippen molar-refractivity contribution in [3.05, 3.63) is 65.9 Å². The maximum Gasteiger partial charge on any atom is 0.129 e. The third-order valence-corrected chi connectivity index (χ3v) is 4.58. The van der Waals surface area contributed by atoms with Gasteiger partial charge >= 0.3 is 0 Å². The summed E-state index contributed by atoms with van der Waals surface area (Å²) in [6.45, 7) is 4.32. The molecule has 0 bridgehead atoms. The van der Waals surface area contributed by atoms with Gasteiger partial charge in [0.1, 0.15) is 11.6 Å². The van der Waals surface area contributed by atoms with E-state index < -0.39 is 0 Å². The van der Waals surface area contributed by atoms with E-state index >= 15 is 0 Å². The molecule has 1 aliphatic heterocycles. The Kier molecular flexibility index (Phi) is 4.93. The van der Waals surface area contributed by atoms with Gasteiger partial charge in [0.25, 0.3) is 0 Å². The number of nitrogens with one attached hydrogen (secondary N) is 1. The largest absolute Gasteiger partial charge is 0.381 e. The molecule has 1 fully saturated rings. The van der Waals surface area contributed by atoms with Gasteiger partial charge < -0.3 is 10.1 Å². The van der Waals surface area contributed by atoms with Gasteiger partial charge in [-0.3, -0.25) is 0 Å². The van der Waals surface area contributed by atoms with Gasteiger partial charge in [-0.15, -0.1) is 0 Å². The SMILES string of the molecule is Cc1nc(NCCc2cnn(-c3ccccc3)c2)cc([C@@H]2CCOC2)n1. The molecule has 26 heavy (non-hydrogen) atoms. The summed E-state index contributed by atoms with van der Waals surface area (Å²) in [6.07, 6.45) is 5.91. The van der Waals surface area contributed by atoms with E-state index in [2.05, 4.69) is 32.6 Å². The van der Waals surface area contributed by atoms with Crippen molar-refractivity contribution in [2.75, 3.05) is 25.1 Å². The Morgan fingerprint density at radius 3 is 2.92 bits per heavy atom. The number of aromatic nitrogens is 4. The molecule has 0 amide bonds. The number of hydrogen-bond donors (Lipinski definition) is 1. The van der Waals surface area contributed by atoms with Crippen molar-refractivity contribution in [3.8, 4) is 5.69 Å². The summed E-state index contributed by atoms with van der Waals surface area (Å²) >= 11 is 0. The van der Waals surface area contributed by atoms with Crippen LogP contribution in [0.15, 0.2) is 48.8 Å². The van der Waals surface area contributed by atoms with E-state index in [9.17, 15) is 0 Å². The zero-order valence-electron chi connectivity index (χ0n) is 14.9. The molecule has 3 heterocycles. The predicted octanol–water partition coefficient (Wildman–Crippen LogP) is 3.13. The van der Waals surface area contributed by atoms with Crippen LogP contribution in [0.25, 0.3) is 5.69 Å². The van der Waals surface area contributed by atoms with Crippen LogP contribution in [0.1, 0.15) is 29.4 Å². The number of ether oxygens (including phenoxy) is 1. The highest BCUT2D eigenvalue weighted by atomic mass is 16.5. The van der Waals surface area contributed by atoms with Crippen LogP contribution in [-0.4, -0.2) is 39.5 Å². The smallest absolute Gasteiger partial charge is 0.129 e. The van der Waals surface area contributed by atoms with Crippen LogP contribution in [0.3, 0.4) is 0 Å². The van der Waals surface area contributed by atoms with Crippen molar-refractivity contribution in [1.29, 1.82) is 0 Å². The highest BCUT2D eigenvalue weighted by Gasteiger charge is 2.20. The van der Waals surface area contributed by atoms with Crippen molar-refractivity contribution in [2.24, 2.45) is 0 Å². The molecule has 1 N–H and O–H groups in total. The molecule has 2 aromatic heterocycles. The Balaban J connectivity index is 1.37. The summed E-state index contributed by atoms with van der Waals surface area (Å²) in [5.41, 5.74) is 3.34. The quantitative estimate of drug-likeness (QED) is 0.741. The third kappa shape index (κ3) is 3.91. The van der Waals surface area contributed by atoms with Gasteiger partial charge in [-0.1, -0.05) is 18.2 Å². The molecule has 0 unspecified atom stereocenters. The summed E-state index contributed by atoms with van der Waals surface area (Å²) in [5.74, 6) is 2.07. The van der Waals surface area contributed by atoms with Crippen LogP contribution in [-0.2, 0) is 11.2 Å². The molecule has 1 atom stereocenters.